The lowest BCUT2D eigenvalue weighted by molar-refractivity contribution is -0.128. The highest BCUT2D eigenvalue weighted by Gasteiger charge is 2.52. The van der Waals surface area contributed by atoms with Crippen LogP contribution in [0, 0.1) is 11.3 Å². The first-order valence-corrected chi connectivity index (χ1v) is 10.7. The molecule has 0 radical (unpaired) electrons. The summed E-state index contributed by atoms with van der Waals surface area (Å²) in [6, 6.07) is 6.50. The summed E-state index contributed by atoms with van der Waals surface area (Å²) in [7, 11) is 3.42. The topological polar surface area (TPSA) is 44.8 Å². The van der Waals surface area contributed by atoms with Crippen LogP contribution in [0.3, 0.4) is 0 Å². The molecule has 0 amide bonds. The second-order valence-electron chi connectivity index (χ2n) is 8.41. The molecule has 0 aliphatic heterocycles. The van der Waals surface area contributed by atoms with E-state index in [4.69, 9.17) is 14.2 Å². The highest BCUT2D eigenvalue weighted by Crippen LogP contribution is 2.58. The number of ketones is 1. The fourth-order valence-electron chi connectivity index (χ4n) is 5.81. The number of ether oxygens (including phenoxy) is 3. The molecule has 0 N–H and O–H groups in total. The van der Waals surface area contributed by atoms with E-state index in [2.05, 4.69) is 18.2 Å². The molecule has 2 atom stereocenters. The average molecular weight is 385 g/mol. The SMILES string of the molecule is COCCOCCC[C@]12CCC3=C(CCc4cc(OC)ccc43)[C@@H]1CCC2=O. The zero-order valence-electron chi connectivity index (χ0n) is 17.2. The molecule has 152 valence electrons. The standard InChI is InChI=1S/C24H32O4/c1-26-14-15-28-13-3-11-24-12-10-20-19-7-5-18(27-2)16-17(19)4-6-21(20)22(24)8-9-23(24)25/h5,7,16,22H,3-4,6,8-15H2,1-2H3/t22-,24-/m0/s1. The molecule has 1 fully saturated rings. The molecule has 0 unspecified atom stereocenters. The number of benzene rings is 1. The van der Waals surface area contributed by atoms with Gasteiger partial charge in [-0.3, -0.25) is 4.79 Å². The van der Waals surface area contributed by atoms with Crippen LogP contribution in [0.4, 0.5) is 0 Å². The van der Waals surface area contributed by atoms with Gasteiger partial charge in [0.05, 0.1) is 20.3 Å². The number of carbonyl (C=O) groups is 1. The zero-order valence-corrected chi connectivity index (χ0v) is 17.2. The van der Waals surface area contributed by atoms with Crippen LogP contribution in [0.2, 0.25) is 0 Å². The highest BCUT2D eigenvalue weighted by molar-refractivity contribution is 5.90. The minimum Gasteiger partial charge on any atom is -0.497 e. The number of allylic oxidation sites excluding steroid dienone is 2. The van der Waals surface area contributed by atoms with Crippen LogP contribution in [-0.2, 0) is 20.7 Å². The van der Waals surface area contributed by atoms with E-state index in [1.807, 2.05) is 0 Å². The Labute approximate surface area is 168 Å². The normalized spacial score (nSPS) is 26.1. The van der Waals surface area contributed by atoms with Crippen molar-refractivity contribution in [3.63, 3.8) is 0 Å². The van der Waals surface area contributed by atoms with Gasteiger partial charge in [0.15, 0.2) is 0 Å². The Hall–Kier alpha value is -1.65. The van der Waals surface area contributed by atoms with Gasteiger partial charge < -0.3 is 14.2 Å². The molecule has 28 heavy (non-hydrogen) atoms. The smallest absolute Gasteiger partial charge is 0.139 e. The van der Waals surface area contributed by atoms with Crippen molar-refractivity contribution in [2.75, 3.05) is 34.0 Å². The molecule has 1 saturated carbocycles. The van der Waals surface area contributed by atoms with Crippen molar-refractivity contribution in [3.8, 4) is 5.75 Å². The van der Waals surface area contributed by atoms with Crippen molar-refractivity contribution in [2.24, 2.45) is 11.3 Å². The van der Waals surface area contributed by atoms with Gasteiger partial charge in [-0.05, 0) is 79.7 Å². The third-order valence-electron chi connectivity index (χ3n) is 7.16. The van der Waals surface area contributed by atoms with Crippen LogP contribution < -0.4 is 4.74 Å². The second-order valence-corrected chi connectivity index (χ2v) is 8.41. The maximum atomic E-state index is 13.0. The molecule has 0 spiro atoms. The Morgan fingerprint density at radius 2 is 1.96 bits per heavy atom. The average Bonchev–Trinajstić information content (AvgIpc) is 3.06. The first kappa shape index (κ1) is 19.7. The van der Waals surface area contributed by atoms with Crippen molar-refractivity contribution < 1.29 is 19.0 Å². The molecular formula is C24H32O4. The molecule has 4 rings (SSSR count). The molecule has 3 aliphatic carbocycles. The Morgan fingerprint density at radius 3 is 2.79 bits per heavy atom. The van der Waals surface area contributed by atoms with E-state index in [0.29, 0.717) is 24.9 Å². The molecule has 0 aromatic heterocycles. The zero-order chi connectivity index (χ0) is 19.6. The summed E-state index contributed by atoms with van der Waals surface area (Å²) in [4.78, 5) is 13.0. The van der Waals surface area contributed by atoms with Gasteiger partial charge in [-0.1, -0.05) is 11.6 Å². The first-order chi connectivity index (χ1) is 13.7. The predicted octanol–water partition coefficient (Wildman–Crippen LogP) is 4.60. The van der Waals surface area contributed by atoms with Crippen LogP contribution >= 0.6 is 0 Å². The summed E-state index contributed by atoms with van der Waals surface area (Å²) >= 11 is 0. The van der Waals surface area contributed by atoms with Gasteiger partial charge in [0, 0.05) is 25.6 Å². The molecule has 0 heterocycles. The molecule has 3 aliphatic rings. The van der Waals surface area contributed by atoms with Crippen molar-refractivity contribution >= 4 is 11.4 Å². The highest BCUT2D eigenvalue weighted by atomic mass is 16.5. The number of Topliss-reactive ketones (excluding diaryl/α,β-unsaturated/α-hetero) is 1. The lowest BCUT2D eigenvalue weighted by atomic mass is 9.60. The summed E-state index contributed by atoms with van der Waals surface area (Å²) in [6.07, 6.45) is 7.90. The molecule has 1 aromatic carbocycles. The van der Waals surface area contributed by atoms with Crippen LogP contribution in [-0.4, -0.2) is 39.8 Å². The lowest BCUT2D eigenvalue weighted by Gasteiger charge is -2.43. The number of aryl methyl sites for hydroxylation is 1. The van der Waals surface area contributed by atoms with Gasteiger partial charge in [0.2, 0.25) is 0 Å². The summed E-state index contributed by atoms with van der Waals surface area (Å²) < 4.78 is 16.1. The van der Waals surface area contributed by atoms with E-state index in [0.717, 1.165) is 63.7 Å². The number of hydrogen-bond donors (Lipinski definition) is 0. The van der Waals surface area contributed by atoms with Crippen molar-refractivity contribution in [2.45, 2.75) is 51.4 Å². The van der Waals surface area contributed by atoms with Crippen molar-refractivity contribution in [3.05, 3.63) is 34.9 Å². The number of hydrogen-bond acceptors (Lipinski definition) is 4. The minimum atomic E-state index is -0.132. The number of carbonyl (C=O) groups excluding carboxylic acids is 1. The molecule has 1 aromatic rings. The number of fused-ring (bicyclic) bond motifs is 4. The Bertz CT molecular complexity index is 766. The molecule has 4 nitrogen and oxygen atoms in total. The summed E-state index contributed by atoms with van der Waals surface area (Å²) in [5.74, 6) is 1.89. The maximum Gasteiger partial charge on any atom is 0.139 e. The summed E-state index contributed by atoms with van der Waals surface area (Å²) in [5, 5.41) is 0. The largest absolute Gasteiger partial charge is 0.497 e. The summed E-state index contributed by atoms with van der Waals surface area (Å²) in [6.45, 7) is 1.99. The Balaban J connectivity index is 1.53. The second kappa shape index (κ2) is 8.38. The quantitative estimate of drug-likeness (QED) is 0.615. The molecule has 0 saturated heterocycles. The minimum absolute atomic E-state index is 0.132. The van der Waals surface area contributed by atoms with Crippen molar-refractivity contribution in [1.82, 2.24) is 0 Å². The molecule has 4 heteroatoms. The van der Waals surface area contributed by atoms with E-state index in [9.17, 15) is 4.79 Å². The number of methoxy groups -OCH3 is 2. The van der Waals surface area contributed by atoms with E-state index < -0.39 is 0 Å². The van der Waals surface area contributed by atoms with Gasteiger partial charge in [-0.15, -0.1) is 0 Å². The van der Waals surface area contributed by atoms with Crippen LogP contribution in [0.25, 0.3) is 5.57 Å². The third-order valence-corrected chi connectivity index (χ3v) is 7.16. The number of rotatable bonds is 8. The van der Waals surface area contributed by atoms with Gasteiger partial charge in [-0.25, -0.2) is 0 Å². The van der Waals surface area contributed by atoms with Crippen LogP contribution in [0.5, 0.6) is 5.75 Å². The van der Waals surface area contributed by atoms with E-state index in [1.165, 1.54) is 16.7 Å². The van der Waals surface area contributed by atoms with Gasteiger partial charge >= 0.3 is 0 Å². The van der Waals surface area contributed by atoms with Crippen LogP contribution in [0.1, 0.15) is 56.1 Å². The fraction of sp³-hybridized carbons (Fsp3) is 0.625. The lowest BCUT2D eigenvalue weighted by Crippen LogP contribution is -2.37. The first-order valence-electron chi connectivity index (χ1n) is 10.7. The fourth-order valence-corrected chi connectivity index (χ4v) is 5.81. The van der Waals surface area contributed by atoms with Gasteiger partial charge in [0.1, 0.15) is 11.5 Å². The van der Waals surface area contributed by atoms with Gasteiger partial charge in [0.25, 0.3) is 0 Å². The van der Waals surface area contributed by atoms with E-state index >= 15 is 0 Å². The van der Waals surface area contributed by atoms with Crippen molar-refractivity contribution in [1.29, 1.82) is 0 Å². The maximum absolute atomic E-state index is 13.0. The molecule has 0 bridgehead atoms. The molecular weight excluding hydrogens is 352 g/mol. The Morgan fingerprint density at radius 1 is 1.07 bits per heavy atom. The monoisotopic (exact) mass is 384 g/mol. The predicted molar refractivity (Wildman–Crippen MR) is 110 cm³/mol. The van der Waals surface area contributed by atoms with Crippen LogP contribution in [0.15, 0.2) is 23.8 Å². The summed E-state index contributed by atoms with van der Waals surface area (Å²) in [5.41, 5.74) is 5.78. The van der Waals surface area contributed by atoms with E-state index in [1.54, 1.807) is 19.8 Å². The third kappa shape index (κ3) is 3.42. The van der Waals surface area contributed by atoms with E-state index in [-0.39, 0.29) is 5.41 Å². The Kier molecular flexibility index (Phi) is 5.88. The van der Waals surface area contributed by atoms with Gasteiger partial charge in [-0.2, -0.15) is 0 Å².